The topological polar surface area (TPSA) is 35.2 Å². The van der Waals surface area contributed by atoms with Crippen LogP contribution in [0.15, 0.2) is 18.2 Å². The SMILES string of the molecule is Cc1ccc(C(C)(C)C)c(OCCC2CCCC2N)c1. The molecule has 2 rings (SSSR count). The largest absolute Gasteiger partial charge is 0.493 e. The average Bonchev–Trinajstić information content (AvgIpc) is 2.74. The normalized spacial score (nSPS) is 23.1. The monoisotopic (exact) mass is 275 g/mol. The van der Waals surface area contributed by atoms with Gasteiger partial charge in [0.15, 0.2) is 0 Å². The minimum Gasteiger partial charge on any atom is -0.493 e. The van der Waals surface area contributed by atoms with Gasteiger partial charge in [0.2, 0.25) is 0 Å². The second kappa shape index (κ2) is 6.17. The van der Waals surface area contributed by atoms with Crippen LogP contribution in [-0.4, -0.2) is 12.6 Å². The first-order chi connectivity index (χ1) is 9.38. The lowest BCUT2D eigenvalue weighted by molar-refractivity contribution is 0.265. The highest BCUT2D eigenvalue weighted by molar-refractivity contribution is 5.41. The summed E-state index contributed by atoms with van der Waals surface area (Å²) in [6.07, 6.45) is 4.81. The van der Waals surface area contributed by atoms with E-state index in [1.807, 2.05) is 0 Å². The fraction of sp³-hybridized carbons (Fsp3) is 0.667. The van der Waals surface area contributed by atoms with Crippen LogP contribution in [0.2, 0.25) is 0 Å². The molecule has 0 aromatic heterocycles. The quantitative estimate of drug-likeness (QED) is 0.894. The van der Waals surface area contributed by atoms with Crippen LogP contribution in [0.4, 0.5) is 0 Å². The first-order valence-corrected chi connectivity index (χ1v) is 7.87. The number of hydrogen-bond donors (Lipinski definition) is 1. The molecule has 0 amide bonds. The van der Waals surface area contributed by atoms with Crippen molar-refractivity contribution in [2.45, 2.75) is 64.8 Å². The van der Waals surface area contributed by atoms with Crippen molar-refractivity contribution in [3.8, 4) is 5.75 Å². The minimum atomic E-state index is 0.118. The van der Waals surface area contributed by atoms with E-state index >= 15 is 0 Å². The Labute approximate surface area is 123 Å². The first-order valence-electron chi connectivity index (χ1n) is 7.87. The molecular weight excluding hydrogens is 246 g/mol. The molecule has 2 heteroatoms. The van der Waals surface area contributed by atoms with E-state index < -0.39 is 0 Å². The molecular formula is C18H29NO. The van der Waals surface area contributed by atoms with Crippen molar-refractivity contribution in [3.05, 3.63) is 29.3 Å². The third-order valence-corrected chi connectivity index (χ3v) is 4.41. The van der Waals surface area contributed by atoms with Crippen molar-refractivity contribution in [2.24, 2.45) is 11.7 Å². The Bertz CT molecular complexity index is 447. The molecule has 0 aliphatic heterocycles. The molecule has 0 spiro atoms. The Morgan fingerprint density at radius 2 is 2.00 bits per heavy atom. The van der Waals surface area contributed by atoms with Crippen molar-refractivity contribution in [1.82, 2.24) is 0 Å². The fourth-order valence-electron chi connectivity index (χ4n) is 3.11. The summed E-state index contributed by atoms with van der Waals surface area (Å²) in [5.41, 5.74) is 8.79. The lowest BCUT2D eigenvalue weighted by Gasteiger charge is -2.24. The summed E-state index contributed by atoms with van der Waals surface area (Å²) < 4.78 is 6.10. The molecule has 1 aliphatic carbocycles. The second-order valence-corrected chi connectivity index (χ2v) is 7.24. The maximum atomic E-state index is 6.13. The molecule has 1 saturated carbocycles. The number of rotatable bonds is 4. The highest BCUT2D eigenvalue weighted by Crippen LogP contribution is 2.33. The molecule has 2 nitrogen and oxygen atoms in total. The zero-order valence-corrected chi connectivity index (χ0v) is 13.4. The van der Waals surface area contributed by atoms with Crippen molar-refractivity contribution in [3.63, 3.8) is 0 Å². The molecule has 0 heterocycles. The van der Waals surface area contributed by atoms with Crippen LogP contribution in [0.1, 0.15) is 57.6 Å². The van der Waals surface area contributed by atoms with Crippen LogP contribution >= 0.6 is 0 Å². The Morgan fingerprint density at radius 3 is 2.60 bits per heavy atom. The molecule has 2 atom stereocenters. The highest BCUT2D eigenvalue weighted by Gasteiger charge is 2.24. The van der Waals surface area contributed by atoms with E-state index in [-0.39, 0.29) is 5.41 Å². The predicted octanol–water partition coefficient (Wildman–Crippen LogP) is 4.19. The number of benzene rings is 1. The number of aryl methyl sites for hydroxylation is 1. The van der Waals surface area contributed by atoms with E-state index in [9.17, 15) is 0 Å². The minimum absolute atomic E-state index is 0.118. The van der Waals surface area contributed by atoms with Crippen LogP contribution in [0.5, 0.6) is 5.75 Å². The van der Waals surface area contributed by atoms with Crippen LogP contribution in [0.3, 0.4) is 0 Å². The smallest absolute Gasteiger partial charge is 0.123 e. The van der Waals surface area contributed by atoms with Gasteiger partial charge in [-0.15, -0.1) is 0 Å². The molecule has 1 aliphatic rings. The zero-order chi connectivity index (χ0) is 14.8. The molecule has 20 heavy (non-hydrogen) atoms. The standard InChI is InChI=1S/C18H29NO/c1-13-8-9-15(18(2,3)4)17(12-13)20-11-10-14-6-5-7-16(14)19/h8-9,12,14,16H,5-7,10-11,19H2,1-4H3. The van der Waals surface area contributed by atoms with Gasteiger partial charge in [-0.25, -0.2) is 0 Å². The van der Waals surface area contributed by atoms with E-state index in [0.717, 1.165) is 18.8 Å². The summed E-state index contributed by atoms with van der Waals surface area (Å²) >= 11 is 0. The molecule has 2 unspecified atom stereocenters. The van der Waals surface area contributed by atoms with Gasteiger partial charge < -0.3 is 10.5 Å². The number of nitrogens with two attached hydrogens (primary N) is 1. The molecule has 0 saturated heterocycles. The van der Waals surface area contributed by atoms with Gasteiger partial charge in [0.1, 0.15) is 5.75 Å². The molecule has 112 valence electrons. The predicted molar refractivity (Wildman–Crippen MR) is 85.3 cm³/mol. The number of hydrogen-bond acceptors (Lipinski definition) is 2. The van der Waals surface area contributed by atoms with Gasteiger partial charge >= 0.3 is 0 Å². The Balaban J connectivity index is 1.99. The average molecular weight is 275 g/mol. The molecule has 1 fully saturated rings. The van der Waals surface area contributed by atoms with Crippen LogP contribution in [0.25, 0.3) is 0 Å². The van der Waals surface area contributed by atoms with Gasteiger partial charge in [-0.05, 0) is 54.7 Å². The Morgan fingerprint density at radius 1 is 1.25 bits per heavy atom. The van der Waals surface area contributed by atoms with Gasteiger partial charge in [-0.2, -0.15) is 0 Å². The maximum Gasteiger partial charge on any atom is 0.123 e. The maximum absolute atomic E-state index is 6.13. The molecule has 0 radical (unpaired) electrons. The van der Waals surface area contributed by atoms with Crippen molar-refractivity contribution >= 4 is 0 Å². The van der Waals surface area contributed by atoms with Gasteiger partial charge in [0.05, 0.1) is 6.61 Å². The van der Waals surface area contributed by atoms with E-state index in [2.05, 4.69) is 45.9 Å². The molecule has 1 aromatic carbocycles. The Kier molecular flexibility index (Phi) is 4.74. The highest BCUT2D eigenvalue weighted by atomic mass is 16.5. The lowest BCUT2D eigenvalue weighted by Crippen LogP contribution is -2.25. The summed E-state index contributed by atoms with van der Waals surface area (Å²) in [7, 11) is 0. The van der Waals surface area contributed by atoms with Gasteiger partial charge in [0.25, 0.3) is 0 Å². The molecule has 2 N–H and O–H groups in total. The van der Waals surface area contributed by atoms with Crippen LogP contribution < -0.4 is 10.5 Å². The van der Waals surface area contributed by atoms with E-state index in [0.29, 0.717) is 12.0 Å². The van der Waals surface area contributed by atoms with E-state index in [4.69, 9.17) is 10.5 Å². The third-order valence-electron chi connectivity index (χ3n) is 4.41. The molecule has 1 aromatic rings. The van der Waals surface area contributed by atoms with Crippen molar-refractivity contribution in [1.29, 1.82) is 0 Å². The number of ether oxygens (including phenoxy) is 1. The summed E-state index contributed by atoms with van der Waals surface area (Å²) in [5.74, 6) is 1.70. The molecule has 0 bridgehead atoms. The van der Waals surface area contributed by atoms with Crippen LogP contribution in [0, 0.1) is 12.8 Å². The second-order valence-electron chi connectivity index (χ2n) is 7.24. The zero-order valence-electron chi connectivity index (χ0n) is 13.4. The van der Waals surface area contributed by atoms with E-state index in [1.165, 1.54) is 30.4 Å². The van der Waals surface area contributed by atoms with Crippen molar-refractivity contribution < 1.29 is 4.74 Å². The first kappa shape index (κ1) is 15.4. The van der Waals surface area contributed by atoms with E-state index in [1.54, 1.807) is 0 Å². The van der Waals surface area contributed by atoms with Crippen LogP contribution in [-0.2, 0) is 5.41 Å². The fourth-order valence-corrected chi connectivity index (χ4v) is 3.11. The van der Waals surface area contributed by atoms with Gasteiger partial charge in [0, 0.05) is 6.04 Å². The summed E-state index contributed by atoms with van der Waals surface area (Å²) in [5, 5.41) is 0. The Hall–Kier alpha value is -1.02. The summed E-state index contributed by atoms with van der Waals surface area (Å²) in [6, 6.07) is 6.92. The summed E-state index contributed by atoms with van der Waals surface area (Å²) in [4.78, 5) is 0. The van der Waals surface area contributed by atoms with Gasteiger partial charge in [-0.1, -0.05) is 39.3 Å². The lowest BCUT2D eigenvalue weighted by atomic mass is 9.86. The third kappa shape index (κ3) is 3.76. The summed E-state index contributed by atoms with van der Waals surface area (Å²) in [6.45, 7) is 9.60. The van der Waals surface area contributed by atoms with Gasteiger partial charge in [-0.3, -0.25) is 0 Å². The van der Waals surface area contributed by atoms with Crippen molar-refractivity contribution in [2.75, 3.05) is 6.61 Å².